The molecule has 2 aromatic carbocycles. The van der Waals surface area contributed by atoms with E-state index in [-0.39, 0.29) is 10.8 Å². The Labute approximate surface area is 160 Å². The van der Waals surface area contributed by atoms with E-state index in [2.05, 4.69) is 5.10 Å². The molecule has 5 nitrogen and oxygen atoms in total. The minimum atomic E-state index is -4.16. The van der Waals surface area contributed by atoms with Gasteiger partial charge in [-0.25, -0.2) is 4.39 Å². The molecular formula is C17H13Cl2FN2O3S. The molecule has 1 aromatic heterocycles. The molecule has 0 aliphatic carbocycles. The lowest BCUT2D eigenvalue weighted by molar-refractivity contribution is 0.465. The fourth-order valence-corrected chi connectivity index (χ4v) is 3.41. The number of benzene rings is 2. The maximum absolute atomic E-state index is 13.0. The highest BCUT2D eigenvalue weighted by atomic mass is 35.5. The summed E-state index contributed by atoms with van der Waals surface area (Å²) in [6.45, 7) is 1.87. The quantitative estimate of drug-likeness (QED) is 0.570. The van der Waals surface area contributed by atoms with Gasteiger partial charge in [0.2, 0.25) is 5.88 Å². The van der Waals surface area contributed by atoms with Gasteiger partial charge < -0.3 is 4.18 Å². The number of halogens is 3. The van der Waals surface area contributed by atoms with Gasteiger partial charge in [-0.2, -0.15) is 18.2 Å². The monoisotopic (exact) mass is 414 g/mol. The molecule has 0 spiro atoms. The summed E-state index contributed by atoms with van der Waals surface area (Å²) in [7, 11) is -4.16. The highest BCUT2D eigenvalue weighted by Crippen LogP contribution is 2.28. The molecule has 0 fully saturated rings. The Bertz CT molecular complexity index is 1050. The number of aromatic nitrogens is 2. The molecule has 9 heteroatoms. The van der Waals surface area contributed by atoms with Gasteiger partial charge in [0.05, 0.1) is 21.4 Å². The van der Waals surface area contributed by atoms with Crippen LogP contribution < -0.4 is 4.18 Å². The fourth-order valence-electron chi connectivity index (χ4n) is 2.21. The smallest absolute Gasteiger partial charge is 0.340 e. The van der Waals surface area contributed by atoms with Crippen LogP contribution in [0.15, 0.2) is 53.4 Å². The lowest BCUT2D eigenvalue weighted by Crippen LogP contribution is -2.12. The van der Waals surface area contributed by atoms with Gasteiger partial charge in [0.25, 0.3) is 0 Å². The van der Waals surface area contributed by atoms with Crippen molar-refractivity contribution in [2.45, 2.75) is 18.2 Å². The van der Waals surface area contributed by atoms with Crippen molar-refractivity contribution >= 4 is 33.3 Å². The second-order valence-corrected chi connectivity index (χ2v) is 7.69. The van der Waals surface area contributed by atoms with Crippen molar-refractivity contribution in [2.24, 2.45) is 0 Å². The van der Waals surface area contributed by atoms with E-state index in [1.165, 1.54) is 10.7 Å². The normalized spacial score (nSPS) is 11.5. The Balaban J connectivity index is 2.03. The Kier molecular flexibility index (Phi) is 5.22. The van der Waals surface area contributed by atoms with E-state index in [9.17, 15) is 12.8 Å². The number of aryl methyl sites for hydroxylation is 1. The van der Waals surface area contributed by atoms with E-state index in [1.807, 2.05) is 6.92 Å². The average Bonchev–Trinajstić information content (AvgIpc) is 3.00. The van der Waals surface area contributed by atoms with Crippen molar-refractivity contribution in [3.63, 3.8) is 0 Å². The highest BCUT2D eigenvalue weighted by molar-refractivity contribution is 7.87. The Morgan fingerprint density at radius 3 is 2.38 bits per heavy atom. The lowest BCUT2D eigenvalue weighted by Gasteiger charge is -2.10. The summed E-state index contributed by atoms with van der Waals surface area (Å²) >= 11 is 12.0. The van der Waals surface area contributed by atoms with Gasteiger partial charge in [-0.1, -0.05) is 30.1 Å². The van der Waals surface area contributed by atoms with E-state index < -0.39 is 15.9 Å². The van der Waals surface area contributed by atoms with Crippen LogP contribution >= 0.6 is 23.2 Å². The summed E-state index contributed by atoms with van der Waals surface area (Å²) in [5.74, 6) is -0.553. The first kappa shape index (κ1) is 18.7. The van der Waals surface area contributed by atoms with E-state index in [4.69, 9.17) is 27.4 Å². The zero-order valence-electron chi connectivity index (χ0n) is 13.5. The van der Waals surface area contributed by atoms with Crippen LogP contribution in [0, 0.1) is 5.82 Å². The van der Waals surface area contributed by atoms with Gasteiger partial charge in [0, 0.05) is 6.07 Å². The van der Waals surface area contributed by atoms with Gasteiger partial charge in [0.1, 0.15) is 10.7 Å². The molecule has 0 amide bonds. The van der Waals surface area contributed by atoms with Crippen LogP contribution in [0.2, 0.25) is 10.0 Å². The number of rotatable bonds is 5. The van der Waals surface area contributed by atoms with Gasteiger partial charge in [-0.3, -0.25) is 0 Å². The summed E-state index contributed by atoms with van der Waals surface area (Å²) in [4.78, 5) is -0.168. The topological polar surface area (TPSA) is 61.2 Å². The molecule has 0 bridgehead atoms. The summed E-state index contributed by atoms with van der Waals surface area (Å²) < 4.78 is 44.6. The zero-order valence-corrected chi connectivity index (χ0v) is 15.8. The molecule has 0 radical (unpaired) electrons. The molecule has 26 heavy (non-hydrogen) atoms. The van der Waals surface area contributed by atoms with Crippen LogP contribution in [-0.4, -0.2) is 18.2 Å². The minimum Gasteiger partial charge on any atom is -0.358 e. The molecule has 3 rings (SSSR count). The van der Waals surface area contributed by atoms with Crippen LogP contribution in [0.4, 0.5) is 4.39 Å². The molecule has 3 aromatic rings. The SMILES string of the molecule is CCc1cc(OS(=O)(=O)c2ccc(F)cc2)n(-c2ccc(Cl)c(Cl)c2)n1. The molecule has 0 N–H and O–H groups in total. The van der Waals surface area contributed by atoms with Gasteiger partial charge >= 0.3 is 10.1 Å². The van der Waals surface area contributed by atoms with Crippen molar-refractivity contribution in [1.82, 2.24) is 9.78 Å². The maximum atomic E-state index is 13.0. The number of hydrogen-bond donors (Lipinski definition) is 0. The standard InChI is InChI=1S/C17H13Cl2FN2O3S/c1-2-12-9-17(22(21-12)13-5-8-15(18)16(19)10-13)25-26(23,24)14-6-3-11(20)4-7-14/h3-10H,2H2,1H3. The van der Waals surface area contributed by atoms with E-state index in [0.29, 0.717) is 27.8 Å². The van der Waals surface area contributed by atoms with E-state index >= 15 is 0 Å². The Morgan fingerprint density at radius 2 is 1.77 bits per heavy atom. The molecular weight excluding hydrogens is 402 g/mol. The van der Waals surface area contributed by atoms with Gasteiger partial charge in [0.15, 0.2) is 0 Å². The van der Waals surface area contributed by atoms with Gasteiger partial charge in [-0.05, 0) is 48.9 Å². The second-order valence-electron chi connectivity index (χ2n) is 5.33. The molecule has 0 unspecified atom stereocenters. The molecule has 0 saturated carbocycles. The van der Waals surface area contributed by atoms with Crippen molar-refractivity contribution in [3.8, 4) is 11.6 Å². The number of nitrogens with zero attached hydrogens (tertiary/aromatic N) is 2. The summed E-state index contributed by atoms with van der Waals surface area (Å²) in [6.07, 6.45) is 0.571. The average molecular weight is 415 g/mol. The summed E-state index contributed by atoms with van der Waals surface area (Å²) in [5.41, 5.74) is 1.11. The summed E-state index contributed by atoms with van der Waals surface area (Å²) in [5, 5.41) is 4.98. The molecule has 0 aliphatic heterocycles. The first-order valence-electron chi connectivity index (χ1n) is 7.54. The molecule has 0 saturated heterocycles. The second kappa shape index (κ2) is 7.26. The molecule has 0 aliphatic rings. The zero-order chi connectivity index (χ0) is 18.9. The predicted octanol–water partition coefficient (Wildman–Crippen LogP) is 4.65. The van der Waals surface area contributed by atoms with Crippen LogP contribution in [-0.2, 0) is 16.5 Å². The van der Waals surface area contributed by atoms with E-state index in [1.54, 1.807) is 18.2 Å². The lowest BCUT2D eigenvalue weighted by atomic mass is 10.3. The minimum absolute atomic E-state index is 0.00966. The highest BCUT2D eigenvalue weighted by Gasteiger charge is 2.21. The van der Waals surface area contributed by atoms with Crippen LogP contribution in [0.1, 0.15) is 12.6 Å². The third-order valence-electron chi connectivity index (χ3n) is 3.53. The summed E-state index contributed by atoms with van der Waals surface area (Å²) in [6, 6.07) is 10.6. The fraction of sp³-hybridized carbons (Fsp3) is 0.118. The third-order valence-corrected chi connectivity index (χ3v) is 5.51. The van der Waals surface area contributed by atoms with Crippen molar-refractivity contribution in [3.05, 3.63) is 70.1 Å². The van der Waals surface area contributed by atoms with Crippen molar-refractivity contribution < 1.29 is 17.0 Å². The molecule has 1 heterocycles. The molecule has 136 valence electrons. The van der Waals surface area contributed by atoms with Crippen molar-refractivity contribution in [2.75, 3.05) is 0 Å². The first-order chi connectivity index (χ1) is 12.3. The van der Waals surface area contributed by atoms with Crippen LogP contribution in [0.25, 0.3) is 5.69 Å². The van der Waals surface area contributed by atoms with Crippen LogP contribution in [0.5, 0.6) is 5.88 Å². The maximum Gasteiger partial charge on any atom is 0.340 e. The van der Waals surface area contributed by atoms with Gasteiger partial charge in [-0.15, -0.1) is 0 Å². The molecule has 0 atom stereocenters. The Morgan fingerprint density at radius 1 is 1.08 bits per heavy atom. The van der Waals surface area contributed by atoms with E-state index in [0.717, 1.165) is 24.3 Å². The Hall–Kier alpha value is -2.09. The largest absolute Gasteiger partial charge is 0.358 e. The first-order valence-corrected chi connectivity index (χ1v) is 9.71. The van der Waals surface area contributed by atoms with Crippen molar-refractivity contribution in [1.29, 1.82) is 0 Å². The van der Waals surface area contributed by atoms with Crippen LogP contribution in [0.3, 0.4) is 0 Å². The predicted molar refractivity (Wildman–Crippen MR) is 97.2 cm³/mol. The third kappa shape index (κ3) is 3.85. The number of hydrogen-bond acceptors (Lipinski definition) is 4.